The fraction of sp³-hybridized carbons (Fsp3) is 0.250. The van der Waals surface area contributed by atoms with Crippen molar-refractivity contribution in [2.45, 2.75) is 13.3 Å². The molecule has 126 valence electrons. The Morgan fingerprint density at radius 1 is 1.21 bits per heavy atom. The number of carbonyl (C=O) groups excluding carboxylic acids is 2. The number of anilines is 2. The molecule has 0 aliphatic carbocycles. The topological polar surface area (TPSA) is 93.2 Å². The molecule has 0 aliphatic heterocycles. The number of rotatable bonds is 6. The first-order valence-corrected chi connectivity index (χ1v) is 7.69. The maximum atomic E-state index is 12.2. The zero-order chi connectivity index (χ0) is 17.5. The van der Waals surface area contributed by atoms with Gasteiger partial charge in [0, 0.05) is 6.54 Å². The van der Waals surface area contributed by atoms with Crippen LogP contribution in [0.15, 0.2) is 30.3 Å². The lowest BCUT2D eigenvalue weighted by Crippen LogP contribution is -2.16. The molecule has 7 nitrogen and oxygen atoms in total. The number of esters is 1. The van der Waals surface area contributed by atoms with Crippen molar-refractivity contribution in [2.24, 2.45) is 0 Å². The van der Waals surface area contributed by atoms with Crippen molar-refractivity contribution in [3.8, 4) is 0 Å². The first kappa shape index (κ1) is 17.7. The molecule has 0 atom stereocenters. The van der Waals surface area contributed by atoms with Gasteiger partial charge < -0.3 is 15.4 Å². The summed E-state index contributed by atoms with van der Waals surface area (Å²) in [4.78, 5) is 23.8. The van der Waals surface area contributed by atoms with E-state index in [1.165, 1.54) is 25.3 Å². The third kappa shape index (κ3) is 4.42. The molecule has 2 N–H and O–H groups in total. The Labute approximate surface area is 144 Å². The number of methoxy groups -OCH3 is 1. The number of amides is 1. The lowest BCUT2D eigenvalue weighted by atomic mass is 10.2. The van der Waals surface area contributed by atoms with E-state index >= 15 is 0 Å². The highest BCUT2D eigenvalue weighted by atomic mass is 35.5. The largest absolute Gasteiger partial charge is 0.465 e. The fourth-order valence-corrected chi connectivity index (χ4v) is 2.02. The molecule has 2 aromatic rings. The molecule has 0 unspecified atom stereocenters. The molecular formula is C16H17ClN4O3. The number of hydrogen-bond donors (Lipinski definition) is 2. The molecule has 0 bridgehead atoms. The predicted molar refractivity (Wildman–Crippen MR) is 91.6 cm³/mol. The second-order valence-corrected chi connectivity index (χ2v) is 5.28. The van der Waals surface area contributed by atoms with E-state index in [0.717, 1.165) is 13.0 Å². The molecule has 0 saturated heterocycles. The molecule has 8 heteroatoms. The molecule has 1 aromatic heterocycles. The summed E-state index contributed by atoms with van der Waals surface area (Å²) in [5.74, 6) is -0.402. The van der Waals surface area contributed by atoms with Crippen molar-refractivity contribution in [1.82, 2.24) is 10.2 Å². The average molecular weight is 349 g/mol. The number of carbonyl (C=O) groups is 2. The van der Waals surface area contributed by atoms with Crippen molar-refractivity contribution in [3.63, 3.8) is 0 Å². The van der Waals surface area contributed by atoms with Crippen LogP contribution in [0, 0.1) is 0 Å². The summed E-state index contributed by atoms with van der Waals surface area (Å²) < 4.78 is 4.64. The summed E-state index contributed by atoms with van der Waals surface area (Å²) in [7, 11) is 1.28. The van der Waals surface area contributed by atoms with Crippen LogP contribution in [-0.2, 0) is 4.74 Å². The van der Waals surface area contributed by atoms with Crippen molar-refractivity contribution in [3.05, 3.63) is 46.6 Å². The van der Waals surface area contributed by atoms with Crippen LogP contribution in [-0.4, -0.2) is 35.7 Å². The molecule has 0 radical (unpaired) electrons. The molecule has 0 saturated carbocycles. The Hall–Kier alpha value is -2.67. The maximum Gasteiger partial charge on any atom is 0.337 e. The number of ether oxygens (including phenoxy) is 1. The second-order valence-electron chi connectivity index (χ2n) is 4.87. The van der Waals surface area contributed by atoms with E-state index in [-0.39, 0.29) is 11.3 Å². The summed E-state index contributed by atoms with van der Waals surface area (Å²) >= 11 is 6.05. The molecule has 0 spiro atoms. The van der Waals surface area contributed by atoms with Gasteiger partial charge in [-0.15, -0.1) is 10.2 Å². The quantitative estimate of drug-likeness (QED) is 0.779. The van der Waals surface area contributed by atoms with E-state index in [2.05, 4.69) is 25.6 Å². The standard InChI is InChI=1S/C16H17ClN4O3/c1-3-8-18-14-7-6-12(20-21-14)15(22)19-13-9-10(16(23)24-2)4-5-11(13)17/h4-7,9H,3,8H2,1-2H3,(H,18,21)(H,19,22). The smallest absolute Gasteiger partial charge is 0.337 e. The molecule has 24 heavy (non-hydrogen) atoms. The zero-order valence-electron chi connectivity index (χ0n) is 13.3. The van der Waals surface area contributed by atoms with Gasteiger partial charge in [-0.1, -0.05) is 18.5 Å². The number of hydrogen-bond acceptors (Lipinski definition) is 6. The third-order valence-corrected chi connectivity index (χ3v) is 3.42. The summed E-state index contributed by atoms with van der Waals surface area (Å²) in [5.41, 5.74) is 0.707. The Morgan fingerprint density at radius 2 is 2.00 bits per heavy atom. The minimum atomic E-state index is -0.520. The summed E-state index contributed by atoms with van der Waals surface area (Å²) in [5, 5.41) is 13.8. The van der Waals surface area contributed by atoms with Crippen LogP contribution in [0.1, 0.15) is 34.2 Å². The Kier molecular flexibility index (Phi) is 6.08. The summed E-state index contributed by atoms with van der Waals surface area (Å²) in [6.45, 7) is 2.81. The normalized spacial score (nSPS) is 10.1. The molecule has 0 aliphatic rings. The van der Waals surface area contributed by atoms with Gasteiger partial charge in [0.15, 0.2) is 5.69 Å². The molecule has 1 amide bonds. The Balaban J connectivity index is 2.13. The first-order chi connectivity index (χ1) is 11.5. The van der Waals surface area contributed by atoms with Crippen LogP contribution in [0.2, 0.25) is 5.02 Å². The van der Waals surface area contributed by atoms with Crippen molar-refractivity contribution < 1.29 is 14.3 Å². The minimum Gasteiger partial charge on any atom is -0.465 e. The van der Waals surface area contributed by atoms with Gasteiger partial charge in [0.1, 0.15) is 5.82 Å². The van der Waals surface area contributed by atoms with Gasteiger partial charge in [0.25, 0.3) is 5.91 Å². The highest BCUT2D eigenvalue weighted by Crippen LogP contribution is 2.24. The maximum absolute atomic E-state index is 12.2. The highest BCUT2D eigenvalue weighted by molar-refractivity contribution is 6.34. The number of benzene rings is 1. The van der Waals surface area contributed by atoms with Crippen LogP contribution in [0.4, 0.5) is 11.5 Å². The van der Waals surface area contributed by atoms with E-state index in [9.17, 15) is 9.59 Å². The lowest BCUT2D eigenvalue weighted by molar-refractivity contribution is 0.0600. The third-order valence-electron chi connectivity index (χ3n) is 3.09. The summed E-state index contributed by atoms with van der Waals surface area (Å²) in [6.07, 6.45) is 0.957. The van der Waals surface area contributed by atoms with Crippen LogP contribution >= 0.6 is 11.6 Å². The minimum absolute atomic E-state index is 0.136. The number of aromatic nitrogens is 2. The van der Waals surface area contributed by atoms with Crippen LogP contribution in [0.3, 0.4) is 0 Å². The molecule has 1 aromatic carbocycles. The van der Waals surface area contributed by atoms with Gasteiger partial charge >= 0.3 is 5.97 Å². The van der Waals surface area contributed by atoms with E-state index in [0.29, 0.717) is 16.5 Å². The van der Waals surface area contributed by atoms with Gasteiger partial charge in [-0.2, -0.15) is 0 Å². The molecule has 1 heterocycles. The van der Waals surface area contributed by atoms with Gasteiger partial charge in [0.05, 0.1) is 23.4 Å². The van der Waals surface area contributed by atoms with Gasteiger partial charge in [-0.3, -0.25) is 4.79 Å². The molecule has 0 fully saturated rings. The van der Waals surface area contributed by atoms with E-state index in [4.69, 9.17) is 11.6 Å². The number of halogens is 1. The second kappa shape index (κ2) is 8.26. The van der Waals surface area contributed by atoms with Gasteiger partial charge in [-0.25, -0.2) is 4.79 Å². The van der Waals surface area contributed by atoms with Crippen LogP contribution < -0.4 is 10.6 Å². The van der Waals surface area contributed by atoms with Gasteiger partial charge in [-0.05, 0) is 36.8 Å². The van der Waals surface area contributed by atoms with Crippen molar-refractivity contribution in [2.75, 3.05) is 24.3 Å². The van der Waals surface area contributed by atoms with Crippen molar-refractivity contribution in [1.29, 1.82) is 0 Å². The van der Waals surface area contributed by atoms with E-state index < -0.39 is 11.9 Å². The lowest BCUT2D eigenvalue weighted by Gasteiger charge is -2.09. The molecule has 2 rings (SSSR count). The van der Waals surface area contributed by atoms with Crippen molar-refractivity contribution >= 4 is 35.0 Å². The average Bonchev–Trinajstić information content (AvgIpc) is 2.61. The Morgan fingerprint density at radius 3 is 2.62 bits per heavy atom. The first-order valence-electron chi connectivity index (χ1n) is 7.32. The summed E-state index contributed by atoms with van der Waals surface area (Å²) in [6, 6.07) is 7.68. The number of nitrogens with zero attached hydrogens (tertiary/aromatic N) is 2. The zero-order valence-corrected chi connectivity index (χ0v) is 14.1. The van der Waals surface area contributed by atoms with E-state index in [1.54, 1.807) is 12.1 Å². The Bertz CT molecular complexity index is 735. The predicted octanol–water partition coefficient (Wildman–Crippen LogP) is 2.99. The van der Waals surface area contributed by atoms with Crippen LogP contribution in [0.25, 0.3) is 0 Å². The van der Waals surface area contributed by atoms with Crippen LogP contribution in [0.5, 0.6) is 0 Å². The van der Waals surface area contributed by atoms with E-state index in [1.807, 2.05) is 6.92 Å². The monoisotopic (exact) mass is 348 g/mol. The fourth-order valence-electron chi connectivity index (χ4n) is 1.85. The highest BCUT2D eigenvalue weighted by Gasteiger charge is 2.13. The van der Waals surface area contributed by atoms with Gasteiger partial charge in [0.2, 0.25) is 0 Å². The molecular weight excluding hydrogens is 332 g/mol. The number of nitrogens with one attached hydrogen (secondary N) is 2. The SMILES string of the molecule is CCCNc1ccc(C(=O)Nc2cc(C(=O)OC)ccc2Cl)nn1.